The number of aromatic amines is 1. The molecule has 1 fully saturated rings. The molecule has 0 saturated carbocycles. The highest BCUT2D eigenvalue weighted by molar-refractivity contribution is 5.97. The van der Waals surface area contributed by atoms with E-state index in [0.717, 1.165) is 24.8 Å². The molecule has 0 aliphatic carbocycles. The van der Waals surface area contributed by atoms with E-state index in [1.54, 1.807) is 41.3 Å². The van der Waals surface area contributed by atoms with Gasteiger partial charge >= 0.3 is 0 Å². The summed E-state index contributed by atoms with van der Waals surface area (Å²) in [4.78, 5) is 47.2. The maximum absolute atomic E-state index is 13.3. The third-order valence-electron chi connectivity index (χ3n) is 6.40. The molecule has 1 aliphatic heterocycles. The van der Waals surface area contributed by atoms with E-state index in [9.17, 15) is 18.8 Å². The first-order valence-electron chi connectivity index (χ1n) is 11.6. The van der Waals surface area contributed by atoms with Gasteiger partial charge in [-0.2, -0.15) is 0 Å². The molecule has 1 saturated heterocycles. The van der Waals surface area contributed by atoms with Crippen LogP contribution < -0.4 is 10.9 Å². The molecular formula is C26H29FN4O3. The second-order valence-electron chi connectivity index (χ2n) is 9.23. The van der Waals surface area contributed by atoms with Crippen molar-refractivity contribution in [1.29, 1.82) is 0 Å². The molecular weight excluding hydrogens is 435 g/mol. The third-order valence-corrected chi connectivity index (χ3v) is 6.40. The van der Waals surface area contributed by atoms with Gasteiger partial charge in [0.1, 0.15) is 11.9 Å². The van der Waals surface area contributed by atoms with Crippen LogP contribution in [-0.2, 0) is 11.2 Å². The van der Waals surface area contributed by atoms with Gasteiger partial charge in [0.25, 0.3) is 11.5 Å². The van der Waals surface area contributed by atoms with Gasteiger partial charge in [0.05, 0.1) is 11.0 Å². The smallest absolute Gasteiger partial charge is 0.280 e. The molecule has 0 bridgehead atoms. The van der Waals surface area contributed by atoms with Crippen molar-refractivity contribution in [3.63, 3.8) is 0 Å². The normalized spacial score (nSPS) is 15.5. The Morgan fingerprint density at radius 2 is 1.79 bits per heavy atom. The van der Waals surface area contributed by atoms with Crippen molar-refractivity contribution in [2.24, 2.45) is 11.8 Å². The summed E-state index contributed by atoms with van der Waals surface area (Å²) < 4.78 is 13.1. The van der Waals surface area contributed by atoms with Gasteiger partial charge in [0.2, 0.25) is 5.91 Å². The molecule has 1 aliphatic rings. The summed E-state index contributed by atoms with van der Waals surface area (Å²) in [5, 5.41) is 2.74. The fourth-order valence-electron chi connectivity index (χ4n) is 4.41. The second kappa shape index (κ2) is 10.2. The summed E-state index contributed by atoms with van der Waals surface area (Å²) in [6.07, 6.45) is 2.53. The van der Waals surface area contributed by atoms with Crippen LogP contribution in [0.1, 0.15) is 42.7 Å². The molecule has 1 aromatic heterocycles. The zero-order chi connectivity index (χ0) is 24.2. The number of likely N-dealkylation sites (tertiary alicyclic amines) is 1. The van der Waals surface area contributed by atoms with Crippen LogP contribution in [0.2, 0.25) is 0 Å². The number of nitrogens with one attached hydrogen (secondary N) is 2. The van der Waals surface area contributed by atoms with Gasteiger partial charge in [0.15, 0.2) is 5.69 Å². The lowest BCUT2D eigenvalue weighted by Crippen LogP contribution is -2.53. The Bertz CT molecular complexity index is 1230. The minimum absolute atomic E-state index is 0.152. The molecule has 2 N–H and O–H groups in total. The fourth-order valence-corrected chi connectivity index (χ4v) is 4.41. The van der Waals surface area contributed by atoms with Crippen molar-refractivity contribution in [2.45, 2.75) is 39.2 Å². The summed E-state index contributed by atoms with van der Waals surface area (Å²) in [7, 11) is 0. The summed E-state index contributed by atoms with van der Waals surface area (Å²) >= 11 is 0. The molecule has 4 rings (SSSR count). The highest BCUT2D eigenvalue weighted by atomic mass is 19.1. The number of carbonyl (C=O) groups excluding carboxylic acids is 2. The molecule has 0 unspecified atom stereocenters. The number of rotatable bonds is 6. The number of H-pyrrole nitrogens is 1. The largest absolute Gasteiger partial charge is 0.341 e. The summed E-state index contributed by atoms with van der Waals surface area (Å²) in [5.41, 5.74) is 1.29. The summed E-state index contributed by atoms with van der Waals surface area (Å²) in [6.45, 7) is 4.92. The van der Waals surface area contributed by atoms with E-state index >= 15 is 0 Å². The van der Waals surface area contributed by atoms with Gasteiger partial charge in [-0.05, 0) is 60.9 Å². The number of benzene rings is 2. The number of para-hydroxylation sites is 2. The predicted molar refractivity (Wildman–Crippen MR) is 128 cm³/mol. The SMILES string of the molecule is CC(C)[C@H](NC(=O)c1nc2ccccc2[nH]c1=O)C(=O)N1CCC(Cc2ccc(F)cc2)CC1. The van der Waals surface area contributed by atoms with Crippen molar-refractivity contribution in [3.05, 3.63) is 76.0 Å². The van der Waals surface area contributed by atoms with Crippen molar-refractivity contribution in [3.8, 4) is 0 Å². The zero-order valence-corrected chi connectivity index (χ0v) is 19.4. The minimum Gasteiger partial charge on any atom is -0.341 e. The number of fused-ring (bicyclic) bond motifs is 1. The number of nitrogens with zero attached hydrogens (tertiary/aromatic N) is 2. The van der Waals surface area contributed by atoms with E-state index in [0.29, 0.717) is 30.0 Å². The Hall–Kier alpha value is -3.55. The van der Waals surface area contributed by atoms with Crippen LogP contribution in [0.15, 0.2) is 53.3 Å². The van der Waals surface area contributed by atoms with Gasteiger partial charge < -0.3 is 15.2 Å². The van der Waals surface area contributed by atoms with Crippen LogP contribution >= 0.6 is 0 Å². The van der Waals surface area contributed by atoms with Crippen molar-refractivity contribution in [2.75, 3.05) is 13.1 Å². The van der Waals surface area contributed by atoms with Crippen molar-refractivity contribution >= 4 is 22.8 Å². The number of halogens is 1. The maximum Gasteiger partial charge on any atom is 0.280 e. The van der Waals surface area contributed by atoms with Gasteiger partial charge in [-0.25, -0.2) is 9.37 Å². The average Bonchev–Trinajstić information content (AvgIpc) is 2.83. The van der Waals surface area contributed by atoms with E-state index in [1.165, 1.54) is 12.1 Å². The highest BCUT2D eigenvalue weighted by Gasteiger charge is 2.32. The molecule has 2 amide bonds. The lowest BCUT2D eigenvalue weighted by molar-refractivity contribution is -0.135. The molecule has 2 heterocycles. The molecule has 7 nitrogen and oxygen atoms in total. The molecule has 178 valence electrons. The Morgan fingerprint density at radius 1 is 1.12 bits per heavy atom. The zero-order valence-electron chi connectivity index (χ0n) is 19.4. The van der Waals surface area contributed by atoms with Gasteiger partial charge in [-0.15, -0.1) is 0 Å². The lowest BCUT2D eigenvalue weighted by atomic mass is 9.89. The molecule has 0 radical (unpaired) electrons. The van der Waals surface area contributed by atoms with Crippen LogP contribution in [-0.4, -0.2) is 45.8 Å². The molecule has 0 spiro atoms. The highest BCUT2D eigenvalue weighted by Crippen LogP contribution is 2.23. The first-order valence-corrected chi connectivity index (χ1v) is 11.6. The topological polar surface area (TPSA) is 95.2 Å². The van der Waals surface area contributed by atoms with Crippen LogP contribution in [0.3, 0.4) is 0 Å². The van der Waals surface area contributed by atoms with Crippen LogP contribution in [0.4, 0.5) is 4.39 Å². The maximum atomic E-state index is 13.3. The number of piperidine rings is 1. The molecule has 1 atom stereocenters. The van der Waals surface area contributed by atoms with E-state index in [4.69, 9.17) is 0 Å². The predicted octanol–water partition coefficient (Wildman–Crippen LogP) is 3.30. The monoisotopic (exact) mass is 464 g/mol. The molecule has 3 aromatic rings. The summed E-state index contributed by atoms with van der Waals surface area (Å²) in [5.74, 6) is -0.798. The Labute approximate surface area is 197 Å². The lowest BCUT2D eigenvalue weighted by Gasteiger charge is -2.35. The number of amides is 2. The standard InChI is InChI=1S/C26H29FN4O3/c1-16(2)22(30-25(33)23-24(32)29-21-6-4-3-5-20(21)28-23)26(34)31-13-11-18(12-14-31)15-17-7-9-19(27)10-8-17/h3-10,16,18,22H,11-15H2,1-2H3,(H,29,32)(H,30,33)/t22-/m0/s1. The third kappa shape index (κ3) is 5.32. The first-order chi connectivity index (χ1) is 16.3. The fraction of sp³-hybridized carbons (Fsp3) is 0.385. The van der Waals surface area contributed by atoms with Crippen molar-refractivity contribution < 1.29 is 14.0 Å². The summed E-state index contributed by atoms with van der Waals surface area (Å²) in [6, 6.07) is 12.8. The molecule has 8 heteroatoms. The average molecular weight is 465 g/mol. The first kappa shape index (κ1) is 23.6. The molecule has 34 heavy (non-hydrogen) atoms. The van der Waals surface area contributed by atoms with Gasteiger partial charge in [0, 0.05) is 13.1 Å². The quantitative estimate of drug-likeness (QED) is 0.585. The van der Waals surface area contributed by atoms with Gasteiger partial charge in [-0.3, -0.25) is 14.4 Å². The number of carbonyl (C=O) groups is 2. The van der Waals surface area contributed by atoms with Gasteiger partial charge in [-0.1, -0.05) is 38.1 Å². The number of aromatic nitrogens is 2. The Morgan fingerprint density at radius 3 is 2.47 bits per heavy atom. The van der Waals surface area contributed by atoms with Crippen LogP contribution in [0.5, 0.6) is 0 Å². The van der Waals surface area contributed by atoms with Crippen molar-refractivity contribution in [1.82, 2.24) is 20.2 Å². The van der Waals surface area contributed by atoms with Crippen LogP contribution in [0.25, 0.3) is 11.0 Å². The number of hydrogen-bond donors (Lipinski definition) is 2. The number of hydrogen-bond acceptors (Lipinski definition) is 4. The second-order valence-corrected chi connectivity index (χ2v) is 9.23. The Kier molecular flexibility index (Phi) is 7.05. The van der Waals surface area contributed by atoms with E-state index in [2.05, 4.69) is 15.3 Å². The van der Waals surface area contributed by atoms with Crippen LogP contribution in [0, 0.1) is 17.7 Å². The minimum atomic E-state index is -0.756. The van der Waals surface area contributed by atoms with E-state index in [1.807, 2.05) is 13.8 Å². The van der Waals surface area contributed by atoms with E-state index < -0.39 is 17.5 Å². The molecule has 2 aromatic carbocycles. The Balaban J connectivity index is 1.40. The van der Waals surface area contributed by atoms with E-state index in [-0.39, 0.29) is 23.3 Å².